The highest BCUT2D eigenvalue weighted by atomic mass is 35.5. The molecular formula is C13H14ClN5O2. The Balaban J connectivity index is 2.05. The molecule has 7 nitrogen and oxygen atoms in total. The molecule has 2 aromatic heterocycles. The minimum Gasteiger partial charge on any atom is -0.462 e. The molecule has 0 atom stereocenters. The van der Waals surface area contributed by atoms with Crippen molar-refractivity contribution in [1.82, 2.24) is 19.9 Å². The first-order chi connectivity index (χ1) is 10.1. The van der Waals surface area contributed by atoms with E-state index in [2.05, 4.69) is 25.3 Å². The predicted octanol–water partition coefficient (Wildman–Crippen LogP) is 2.02. The van der Waals surface area contributed by atoms with E-state index in [0.29, 0.717) is 36.1 Å². The molecule has 0 saturated heterocycles. The zero-order valence-corrected chi connectivity index (χ0v) is 12.4. The van der Waals surface area contributed by atoms with Crippen molar-refractivity contribution in [3.8, 4) is 0 Å². The van der Waals surface area contributed by atoms with Crippen molar-refractivity contribution in [3.63, 3.8) is 0 Å². The molecule has 0 unspecified atom stereocenters. The Kier molecular flexibility index (Phi) is 4.99. The Hall–Kier alpha value is -2.28. The molecule has 2 heterocycles. The smallest absolute Gasteiger partial charge is 0.341 e. The van der Waals surface area contributed by atoms with Gasteiger partial charge in [0, 0.05) is 12.4 Å². The van der Waals surface area contributed by atoms with Crippen molar-refractivity contribution in [2.45, 2.75) is 20.4 Å². The number of anilines is 1. The number of halogens is 1. The van der Waals surface area contributed by atoms with Crippen molar-refractivity contribution >= 4 is 23.5 Å². The first kappa shape index (κ1) is 15.1. The van der Waals surface area contributed by atoms with E-state index >= 15 is 0 Å². The van der Waals surface area contributed by atoms with E-state index in [0.717, 1.165) is 0 Å². The lowest BCUT2D eigenvalue weighted by atomic mass is 10.2. The fourth-order valence-corrected chi connectivity index (χ4v) is 1.76. The van der Waals surface area contributed by atoms with Gasteiger partial charge in [-0.05, 0) is 31.5 Å². The van der Waals surface area contributed by atoms with Crippen LogP contribution < -0.4 is 5.32 Å². The zero-order chi connectivity index (χ0) is 15.2. The molecule has 2 aromatic rings. The average Bonchev–Trinajstić information content (AvgIpc) is 2.45. The van der Waals surface area contributed by atoms with Crippen LogP contribution in [0.4, 0.5) is 5.95 Å². The summed E-state index contributed by atoms with van der Waals surface area (Å²) in [7, 11) is 0. The monoisotopic (exact) mass is 307 g/mol. The molecular weight excluding hydrogens is 294 g/mol. The molecule has 0 aliphatic rings. The number of ether oxygens (including phenoxy) is 1. The summed E-state index contributed by atoms with van der Waals surface area (Å²) in [6.45, 7) is 4.19. The number of aromatic nitrogens is 4. The number of rotatable bonds is 5. The van der Waals surface area contributed by atoms with Crippen LogP contribution in [0.1, 0.15) is 28.7 Å². The predicted molar refractivity (Wildman–Crippen MR) is 77.1 cm³/mol. The standard InChI is InChI=1S/C13H14ClN5O2/c1-3-21-11(20)10-7-17-13(18-8(10)2)16-6-9-4-5-15-12(14)19-9/h4-5,7H,3,6H2,1-2H3,(H,16,17,18). The highest BCUT2D eigenvalue weighted by Gasteiger charge is 2.12. The van der Waals surface area contributed by atoms with Crippen molar-refractivity contribution in [3.05, 3.63) is 40.7 Å². The van der Waals surface area contributed by atoms with Crippen LogP contribution in [0.15, 0.2) is 18.5 Å². The number of aryl methyl sites for hydroxylation is 1. The number of hydrogen-bond donors (Lipinski definition) is 1. The van der Waals surface area contributed by atoms with Crippen molar-refractivity contribution in [1.29, 1.82) is 0 Å². The molecule has 0 bridgehead atoms. The van der Waals surface area contributed by atoms with Gasteiger partial charge in [-0.25, -0.2) is 24.7 Å². The Morgan fingerprint density at radius 2 is 2.19 bits per heavy atom. The summed E-state index contributed by atoms with van der Waals surface area (Å²) in [6.07, 6.45) is 3.01. The summed E-state index contributed by atoms with van der Waals surface area (Å²) >= 11 is 5.70. The van der Waals surface area contributed by atoms with E-state index in [4.69, 9.17) is 16.3 Å². The summed E-state index contributed by atoms with van der Waals surface area (Å²) in [5, 5.41) is 3.19. The summed E-state index contributed by atoms with van der Waals surface area (Å²) in [6, 6.07) is 1.73. The van der Waals surface area contributed by atoms with Gasteiger partial charge in [-0.15, -0.1) is 0 Å². The minimum absolute atomic E-state index is 0.184. The Morgan fingerprint density at radius 3 is 2.86 bits per heavy atom. The van der Waals surface area contributed by atoms with E-state index in [1.54, 1.807) is 26.1 Å². The molecule has 0 amide bonds. The quantitative estimate of drug-likeness (QED) is 0.667. The highest BCUT2D eigenvalue weighted by Crippen LogP contribution is 2.10. The molecule has 1 N–H and O–H groups in total. The van der Waals surface area contributed by atoms with Crippen LogP contribution in [0.25, 0.3) is 0 Å². The Morgan fingerprint density at radius 1 is 1.38 bits per heavy atom. The van der Waals surface area contributed by atoms with Crippen LogP contribution in [-0.2, 0) is 11.3 Å². The molecule has 0 fully saturated rings. The van der Waals surface area contributed by atoms with Crippen molar-refractivity contribution < 1.29 is 9.53 Å². The van der Waals surface area contributed by atoms with Crippen LogP contribution in [-0.4, -0.2) is 32.5 Å². The maximum atomic E-state index is 11.6. The molecule has 0 spiro atoms. The zero-order valence-electron chi connectivity index (χ0n) is 11.6. The fraction of sp³-hybridized carbons (Fsp3) is 0.308. The number of nitrogens with one attached hydrogen (secondary N) is 1. The van der Waals surface area contributed by atoms with E-state index in [1.165, 1.54) is 6.20 Å². The summed E-state index contributed by atoms with van der Waals surface area (Å²) in [5.74, 6) is -0.0283. The third-order valence-electron chi connectivity index (χ3n) is 2.59. The molecule has 2 rings (SSSR count). The van der Waals surface area contributed by atoms with Gasteiger partial charge in [0.1, 0.15) is 0 Å². The van der Waals surface area contributed by atoms with Gasteiger partial charge < -0.3 is 10.1 Å². The van der Waals surface area contributed by atoms with Gasteiger partial charge in [-0.3, -0.25) is 0 Å². The fourth-order valence-electron chi connectivity index (χ4n) is 1.60. The number of nitrogens with zero attached hydrogens (tertiary/aromatic N) is 4. The molecule has 0 aliphatic heterocycles. The van der Waals surface area contributed by atoms with E-state index < -0.39 is 5.97 Å². The van der Waals surface area contributed by atoms with Crippen molar-refractivity contribution in [2.24, 2.45) is 0 Å². The number of carbonyl (C=O) groups excluding carboxylic acids is 1. The second-order valence-electron chi connectivity index (χ2n) is 4.08. The summed E-state index contributed by atoms with van der Waals surface area (Å²) < 4.78 is 4.92. The van der Waals surface area contributed by atoms with Crippen LogP contribution in [0.3, 0.4) is 0 Å². The lowest BCUT2D eigenvalue weighted by Gasteiger charge is -2.08. The van der Waals surface area contributed by atoms with Gasteiger partial charge in [-0.2, -0.15) is 0 Å². The van der Waals surface area contributed by atoms with Gasteiger partial charge in [0.15, 0.2) is 0 Å². The van der Waals surface area contributed by atoms with E-state index in [-0.39, 0.29) is 5.28 Å². The molecule has 0 radical (unpaired) electrons. The van der Waals surface area contributed by atoms with Crippen LogP contribution >= 0.6 is 11.6 Å². The first-order valence-electron chi connectivity index (χ1n) is 6.32. The molecule has 0 aliphatic carbocycles. The van der Waals surface area contributed by atoms with Gasteiger partial charge in [0.25, 0.3) is 0 Å². The van der Waals surface area contributed by atoms with Crippen molar-refractivity contribution in [2.75, 3.05) is 11.9 Å². The third-order valence-corrected chi connectivity index (χ3v) is 2.77. The SMILES string of the molecule is CCOC(=O)c1cnc(NCc2ccnc(Cl)n2)nc1C. The van der Waals surface area contributed by atoms with Crippen LogP contribution in [0.2, 0.25) is 5.28 Å². The summed E-state index contributed by atoms with van der Waals surface area (Å²) in [5.41, 5.74) is 1.62. The second kappa shape index (κ2) is 6.94. The average molecular weight is 308 g/mol. The van der Waals surface area contributed by atoms with Gasteiger partial charge in [0.2, 0.25) is 11.2 Å². The molecule has 0 aromatic carbocycles. The lowest BCUT2D eigenvalue weighted by Crippen LogP contribution is -2.11. The normalized spacial score (nSPS) is 10.2. The largest absolute Gasteiger partial charge is 0.462 e. The second-order valence-corrected chi connectivity index (χ2v) is 4.42. The Labute approximate surface area is 126 Å². The Bertz CT molecular complexity index is 650. The third kappa shape index (κ3) is 4.09. The number of esters is 1. The van der Waals surface area contributed by atoms with E-state index in [9.17, 15) is 4.79 Å². The minimum atomic E-state index is -0.427. The molecule has 8 heteroatoms. The van der Waals surface area contributed by atoms with Crippen LogP contribution in [0, 0.1) is 6.92 Å². The topological polar surface area (TPSA) is 89.9 Å². The van der Waals surface area contributed by atoms with Crippen LogP contribution in [0.5, 0.6) is 0 Å². The van der Waals surface area contributed by atoms with Gasteiger partial charge in [0.05, 0.1) is 30.1 Å². The maximum absolute atomic E-state index is 11.6. The summed E-state index contributed by atoms with van der Waals surface area (Å²) in [4.78, 5) is 27.8. The highest BCUT2D eigenvalue weighted by molar-refractivity contribution is 6.28. The first-order valence-corrected chi connectivity index (χ1v) is 6.70. The lowest BCUT2D eigenvalue weighted by molar-refractivity contribution is 0.0524. The van der Waals surface area contributed by atoms with E-state index in [1.807, 2.05) is 0 Å². The molecule has 0 saturated carbocycles. The van der Waals surface area contributed by atoms with Gasteiger partial charge in [-0.1, -0.05) is 0 Å². The van der Waals surface area contributed by atoms with Gasteiger partial charge >= 0.3 is 5.97 Å². The maximum Gasteiger partial charge on any atom is 0.341 e. The number of hydrogen-bond acceptors (Lipinski definition) is 7. The molecule has 110 valence electrons. The number of carbonyl (C=O) groups is 1. The molecule has 21 heavy (non-hydrogen) atoms.